The summed E-state index contributed by atoms with van der Waals surface area (Å²) in [4.78, 5) is 6.04. The van der Waals surface area contributed by atoms with Crippen LogP contribution in [0.3, 0.4) is 0 Å². The Morgan fingerprint density at radius 3 is 2.76 bits per heavy atom. The molecule has 2 unspecified atom stereocenters. The summed E-state index contributed by atoms with van der Waals surface area (Å²) in [5.74, 6) is 0. The third-order valence-electron chi connectivity index (χ3n) is 2.83. The second kappa shape index (κ2) is 4.67. The van der Waals surface area contributed by atoms with Crippen molar-refractivity contribution >= 4 is 11.3 Å². The van der Waals surface area contributed by atoms with Crippen molar-refractivity contribution in [2.75, 3.05) is 0 Å². The van der Waals surface area contributed by atoms with Gasteiger partial charge < -0.3 is 10.1 Å². The maximum absolute atomic E-state index is 5.82. The number of fused-ring (bicyclic) bond motifs is 1. The van der Waals surface area contributed by atoms with Crippen LogP contribution in [0.2, 0.25) is 0 Å². The number of ether oxygens (including phenoxy) is 1. The summed E-state index contributed by atoms with van der Waals surface area (Å²) in [5.41, 5.74) is 1.38. The molecule has 96 valence electrons. The van der Waals surface area contributed by atoms with Crippen molar-refractivity contribution in [3.63, 3.8) is 0 Å². The Morgan fingerprint density at radius 1 is 1.41 bits per heavy atom. The van der Waals surface area contributed by atoms with Crippen LogP contribution < -0.4 is 5.32 Å². The van der Waals surface area contributed by atoms with Gasteiger partial charge in [-0.25, -0.2) is 4.98 Å². The number of nitrogens with zero attached hydrogens (tertiary/aromatic N) is 1. The topological polar surface area (TPSA) is 34.2 Å². The molecule has 1 N–H and O–H groups in total. The van der Waals surface area contributed by atoms with E-state index >= 15 is 0 Å². The fourth-order valence-corrected chi connectivity index (χ4v) is 3.05. The van der Waals surface area contributed by atoms with E-state index in [0.29, 0.717) is 6.10 Å². The average Bonchev–Trinajstić information content (AvgIpc) is 2.56. The van der Waals surface area contributed by atoms with Crippen LogP contribution in [-0.4, -0.2) is 16.6 Å². The Bertz CT molecular complexity index is 395. The predicted molar refractivity (Wildman–Crippen MR) is 71.4 cm³/mol. The zero-order chi connectivity index (χ0) is 12.6. The maximum Gasteiger partial charge on any atom is 0.107 e. The molecule has 3 nitrogen and oxygen atoms in total. The van der Waals surface area contributed by atoms with Crippen LogP contribution in [0.1, 0.15) is 56.3 Å². The Hall–Kier alpha value is -0.450. The molecule has 0 bridgehead atoms. The van der Waals surface area contributed by atoms with E-state index in [1.54, 1.807) is 11.3 Å². The molecular weight excluding hydrogens is 232 g/mol. The summed E-state index contributed by atoms with van der Waals surface area (Å²) in [6.45, 7) is 11.6. The molecule has 0 aromatic carbocycles. The average molecular weight is 254 g/mol. The Morgan fingerprint density at radius 2 is 2.12 bits per heavy atom. The molecule has 2 rings (SSSR count). The molecule has 1 aliphatic heterocycles. The SMILES string of the molecule is CC1Cc2nc(CNC(C)(C)C)sc2C(C)O1. The molecule has 0 saturated carbocycles. The van der Waals surface area contributed by atoms with Crippen LogP contribution in [0.4, 0.5) is 0 Å². The standard InChI is InChI=1S/C13H22N2OS/c1-8-6-10-12(9(2)16-8)17-11(15-10)7-14-13(3,4)5/h8-9,14H,6-7H2,1-5H3. The summed E-state index contributed by atoms with van der Waals surface area (Å²) in [6.07, 6.45) is 1.45. The normalized spacial score (nSPS) is 24.8. The van der Waals surface area contributed by atoms with E-state index in [-0.39, 0.29) is 11.6 Å². The van der Waals surface area contributed by atoms with E-state index in [9.17, 15) is 0 Å². The number of thiazole rings is 1. The smallest absolute Gasteiger partial charge is 0.107 e. The molecule has 0 spiro atoms. The van der Waals surface area contributed by atoms with Crippen LogP contribution in [0.25, 0.3) is 0 Å². The van der Waals surface area contributed by atoms with Gasteiger partial charge in [0.05, 0.1) is 22.8 Å². The second-order valence-corrected chi connectivity index (χ2v) is 6.93. The van der Waals surface area contributed by atoms with Crippen molar-refractivity contribution < 1.29 is 4.74 Å². The molecule has 1 aromatic heterocycles. The van der Waals surface area contributed by atoms with Gasteiger partial charge in [-0.1, -0.05) is 0 Å². The summed E-state index contributed by atoms with van der Waals surface area (Å²) in [5, 5.41) is 4.66. The first-order valence-corrected chi connectivity index (χ1v) is 7.06. The molecule has 4 heteroatoms. The van der Waals surface area contributed by atoms with E-state index in [4.69, 9.17) is 9.72 Å². The van der Waals surface area contributed by atoms with E-state index in [2.05, 4.69) is 39.9 Å². The Kier molecular flexibility index (Phi) is 3.57. The van der Waals surface area contributed by atoms with Gasteiger partial charge in [0.2, 0.25) is 0 Å². The van der Waals surface area contributed by atoms with Crippen LogP contribution in [-0.2, 0) is 17.7 Å². The second-order valence-electron chi connectivity index (χ2n) is 5.82. The highest BCUT2D eigenvalue weighted by molar-refractivity contribution is 7.11. The predicted octanol–water partition coefficient (Wildman–Crippen LogP) is 3.05. The van der Waals surface area contributed by atoms with E-state index in [1.165, 1.54) is 15.6 Å². The highest BCUT2D eigenvalue weighted by Gasteiger charge is 2.26. The highest BCUT2D eigenvalue weighted by Crippen LogP contribution is 2.34. The van der Waals surface area contributed by atoms with Crippen LogP contribution in [0, 0.1) is 0 Å². The lowest BCUT2D eigenvalue weighted by Crippen LogP contribution is -2.35. The first kappa shape index (κ1) is 13.0. The first-order valence-electron chi connectivity index (χ1n) is 6.24. The van der Waals surface area contributed by atoms with Crippen molar-refractivity contribution in [2.45, 2.75) is 65.3 Å². The van der Waals surface area contributed by atoms with Crippen LogP contribution >= 0.6 is 11.3 Å². The lowest BCUT2D eigenvalue weighted by Gasteiger charge is -2.23. The van der Waals surface area contributed by atoms with Gasteiger partial charge >= 0.3 is 0 Å². The monoisotopic (exact) mass is 254 g/mol. The molecule has 0 radical (unpaired) electrons. The fraction of sp³-hybridized carbons (Fsp3) is 0.769. The van der Waals surface area contributed by atoms with Crippen molar-refractivity contribution in [3.8, 4) is 0 Å². The van der Waals surface area contributed by atoms with Crippen molar-refractivity contribution in [1.82, 2.24) is 10.3 Å². The van der Waals surface area contributed by atoms with Crippen LogP contribution in [0.15, 0.2) is 0 Å². The Labute approximate surface area is 108 Å². The first-order chi connectivity index (χ1) is 7.85. The number of aromatic nitrogens is 1. The zero-order valence-electron chi connectivity index (χ0n) is 11.3. The van der Waals surface area contributed by atoms with Gasteiger partial charge in [-0.3, -0.25) is 0 Å². The van der Waals surface area contributed by atoms with Gasteiger partial charge in [-0.15, -0.1) is 11.3 Å². The minimum absolute atomic E-state index is 0.140. The lowest BCUT2D eigenvalue weighted by molar-refractivity contribution is -0.00318. The van der Waals surface area contributed by atoms with Gasteiger partial charge in [0.15, 0.2) is 0 Å². The summed E-state index contributed by atoms with van der Waals surface area (Å²) in [7, 11) is 0. The van der Waals surface area contributed by atoms with Gasteiger partial charge in [-0.05, 0) is 34.6 Å². The van der Waals surface area contributed by atoms with Crippen molar-refractivity contribution in [3.05, 3.63) is 15.6 Å². The third-order valence-corrected chi connectivity index (χ3v) is 4.09. The van der Waals surface area contributed by atoms with Gasteiger partial charge in [0.25, 0.3) is 0 Å². The summed E-state index contributed by atoms with van der Waals surface area (Å²) in [6, 6.07) is 0. The fourth-order valence-electron chi connectivity index (χ4n) is 2.03. The summed E-state index contributed by atoms with van der Waals surface area (Å²) >= 11 is 1.79. The molecule has 1 aromatic rings. The maximum atomic E-state index is 5.82. The van der Waals surface area contributed by atoms with Crippen molar-refractivity contribution in [1.29, 1.82) is 0 Å². The van der Waals surface area contributed by atoms with E-state index in [0.717, 1.165) is 13.0 Å². The van der Waals surface area contributed by atoms with Gasteiger partial charge in [-0.2, -0.15) is 0 Å². The minimum atomic E-state index is 0.140. The zero-order valence-corrected chi connectivity index (χ0v) is 12.1. The van der Waals surface area contributed by atoms with E-state index in [1.807, 2.05) is 0 Å². The lowest BCUT2D eigenvalue weighted by atomic mass is 10.1. The molecule has 0 aliphatic carbocycles. The minimum Gasteiger partial charge on any atom is -0.370 e. The number of hydrogen-bond acceptors (Lipinski definition) is 4. The van der Waals surface area contributed by atoms with Gasteiger partial charge in [0, 0.05) is 18.5 Å². The molecule has 0 amide bonds. The molecule has 2 atom stereocenters. The Balaban J connectivity index is 2.09. The van der Waals surface area contributed by atoms with Crippen LogP contribution in [0.5, 0.6) is 0 Å². The molecule has 2 heterocycles. The molecule has 17 heavy (non-hydrogen) atoms. The van der Waals surface area contributed by atoms with Gasteiger partial charge in [0.1, 0.15) is 5.01 Å². The number of nitrogens with one attached hydrogen (secondary N) is 1. The highest BCUT2D eigenvalue weighted by atomic mass is 32.1. The summed E-state index contributed by atoms with van der Waals surface area (Å²) < 4.78 is 5.82. The third kappa shape index (κ3) is 3.27. The largest absolute Gasteiger partial charge is 0.370 e. The van der Waals surface area contributed by atoms with E-state index < -0.39 is 0 Å². The number of rotatable bonds is 2. The number of hydrogen-bond donors (Lipinski definition) is 1. The van der Waals surface area contributed by atoms with Crippen molar-refractivity contribution in [2.24, 2.45) is 0 Å². The molecular formula is C13H22N2OS. The quantitative estimate of drug-likeness (QED) is 0.881. The molecule has 1 aliphatic rings. The molecule has 0 fully saturated rings. The molecule has 0 saturated heterocycles.